The van der Waals surface area contributed by atoms with Crippen LogP contribution in [-0.4, -0.2) is 22.6 Å². The standard InChI is InChI=1S/C22H16N4O2/c1-28-19-9-10-21-20(12-19)24-14-26(21)18-7-5-17(6-8-18)25-22(27)16-4-2-3-15(11-16)13-23/h2-12,14H,1H3,(H,25,27). The van der Waals surface area contributed by atoms with Crippen molar-refractivity contribution in [1.82, 2.24) is 9.55 Å². The minimum Gasteiger partial charge on any atom is -0.497 e. The van der Waals surface area contributed by atoms with Crippen LogP contribution in [0.15, 0.2) is 73.1 Å². The van der Waals surface area contributed by atoms with Gasteiger partial charge in [-0.1, -0.05) is 6.07 Å². The average molecular weight is 368 g/mol. The van der Waals surface area contributed by atoms with E-state index in [-0.39, 0.29) is 5.91 Å². The number of ether oxygens (including phenoxy) is 1. The fraction of sp³-hybridized carbons (Fsp3) is 0.0455. The molecule has 0 atom stereocenters. The number of carbonyl (C=O) groups is 1. The molecule has 0 aliphatic rings. The van der Waals surface area contributed by atoms with Gasteiger partial charge in [0.05, 0.1) is 29.8 Å². The van der Waals surface area contributed by atoms with Gasteiger partial charge in [0, 0.05) is 23.0 Å². The number of fused-ring (bicyclic) bond motifs is 1. The third-order valence-electron chi connectivity index (χ3n) is 4.41. The molecular formula is C22H16N4O2. The predicted molar refractivity (Wildman–Crippen MR) is 107 cm³/mol. The third-order valence-corrected chi connectivity index (χ3v) is 4.41. The first kappa shape index (κ1) is 17.3. The Kier molecular flexibility index (Phi) is 4.48. The van der Waals surface area contributed by atoms with E-state index in [4.69, 9.17) is 10.00 Å². The molecule has 0 radical (unpaired) electrons. The Morgan fingerprint density at radius 2 is 1.93 bits per heavy atom. The average Bonchev–Trinajstić information content (AvgIpc) is 3.17. The normalized spacial score (nSPS) is 10.4. The molecule has 0 spiro atoms. The van der Waals surface area contributed by atoms with Crippen LogP contribution in [0.25, 0.3) is 16.7 Å². The number of nitriles is 1. The van der Waals surface area contributed by atoms with Crippen molar-refractivity contribution < 1.29 is 9.53 Å². The lowest BCUT2D eigenvalue weighted by Gasteiger charge is -2.08. The molecule has 0 bridgehead atoms. The molecule has 0 aliphatic carbocycles. The number of rotatable bonds is 4. The number of hydrogen-bond donors (Lipinski definition) is 1. The summed E-state index contributed by atoms with van der Waals surface area (Å²) in [6, 6.07) is 21.8. The van der Waals surface area contributed by atoms with E-state index >= 15 is 0 Å². The quantitative estimate of drug-likeness (QED) is 0.587. The van der Waals surface area contributed by atoms with Crippen LogP contribution in [0.1, 0.15) is 15.9 Å². The van der Waals surface area contributed by atoms with Gasteiger partial charge in [0.25, 0.3) is 5.91 Å². The van der Waals surface area contributed by atoms with Gasteiger partial charge in [0.2, 0.25) is 0 Å². The van der Waals surface area contributed by atoms with E-state index in [1.807, 2.05) is 53.1 Å². The van der Waals surface area contributed by atoms with Crippen molar-refractivity contribution >= 4 is 22.6 Å². The number of nitrogens with zero attached hydrogens (tertiary/aromatic N) is 3. The summed E-state index contributed by atoms with van der Waals surface area (Å²) < 4.78 is 7.20. The molecule has 1 aromatic heterocycles. The summed E-state index contributed by atoms with van der Waals surface area (Å²) in [6.45, 7) is 0. The van der Waals surface area contributed by atoms with Crippen molar-refractivity contribution in [1.29, 1.82) is 5.26 Å². The van der Waals surface area contributed by atoms with E-state index in [9.17, 15) is 4.79 Å². The fourth-order valence-electron chi connectivity index (χ4n) is 2.96. The zero-order valence-electron chi connectivity index (χ0n) is 15.1. The van der Waals surface area contributed by atoms with Crippen molar-refractivity contribution in [2.45, 2.75) is 0 Å². The molecule has 1 N–H and O–H groups in total. The minimum atomic E-state index is -0.259. The second-order valence-corrected chi connectivity index (χ2v) is 6.16. The highest BCUT2D eigenvalue weighted by Gasteiger charge is 2.09. The first-order valence-corrected chi connectivity index (χ1v) is 8.61. The second-order valence-electron chi connectivity index (χ2n) is 6.16. The van der Waals surface area contributed by atoms with Crippen LogP contribution in [0.4, 0.5) is 5.69 Å². The number of carbonyl (C=O) groups excluding carboxylic acids is 1. The Hall–Kier alpha value is -4.11. The lowest BCUT2D eigenvalue weighted by molar-refractivity contribution is 0.102. The third kappa shape index (κ3) is 3.29. The largest absolute Gasteiger partial charge is 0.497 e. The lowest BCUT2D eigenvalue weighted by Crippen LogP contribution is -2.12. The van der Waals surface area contributed by atoms with Crippen LogP contribution in [0, 0.1) is 11.3 Å². The number of nitrogens with one attached hydrogen (secondary N) is 1. The second kappa shape index (κ2) is 7.25. The van der Waals surface area contributed by atoms with E-state index in [1.165, 1.54) is 0 Å². The lowest BCUT2D eigenvalue weighted by atomic mass is 10.1. The molecule has 0 unspecified atom stereocenters. The van der Waals surface area contributed by atoms with Gasteiger partial charge < -0.3 is 10.1 Å². The summed E-state index contributed by atoms with van der Waals surface area (Å²) in [7, 11) is 1.63. The van der Waals surface area contributed by atoms with E-state index in [1.54, 1.807) is 37.7 Å². The Morgan fingerprint density at radius 3 is 2.68 bits per heavy atom. The van der Waals surface area contributed by atoms with Crippen LogP contribution >= 0.6 is 0 Å². The number of hydrogen-bond acceptors (Lipinski definition) is 4. The Balaban J connectivity index is 1.56. The van der Waals surface area contributed by atoms with Crippen LogP contribution in [0.5, 0.6) is 5.75 Å². The highest BCUT2D eigenvalue weighted by Crippen LogP contribution is 2.23. The molecule has 0 aliphatic heterocycles. The van der Waals surface area contributed by atoms with E-state index < -0.39 is 0 Å². The van der Waals surface area contributed by atoms with Crippen molar-refractivity contribution in [3.8, 4) is 17.5 Å². The summed E-state index contributed by atoms with van der Waals surface area (Å²) in [6.07, 6.45) is 1.76. The Morgan fingerprint density at radius 1 is 1.11 bits per heavy atom. The molecule has 1 amide bonds. The number of anilines is 1. The maximum atomic E-state index is 12.4. The number of methoxy groups -OCH3 is 1. The van der Waals surface area contributed by atoms with Gasteiger partial charge in [-0.25, -0.2) is 4.98 Å². The number of benzene rings is 3. The Labute approximate surface area is 161 Å². The van der Waals surface area contributed by atoms with Crippen molar-refractivity contribution in [3.63, 3.8) is 0 Å². The maximum absolute atomic E-state index is 12.4. The summed E-state index contributed by atoms with van der Waals surface area (Å²) in [5, 5.41) is 11.8. The maximum Gasteiger partial charge on any atom is 0.255 e. The van der Waals surface area contributed by atoms with Crippen molar-refractivity contribution in [3.05, 3.63) is 84.2 Å². The molecule has 1 heterocycles. The SMILES string of the molecule is COc1ccc2c(c1)ncn2-c1ccc(NC(=O)c2cccc(C#N)c2)cc1. The van der Waals surface area contributed by atoms with Gasteiger partial charge in [-0.2, -0.15) is 5.26 Å². The van der Waals surface area contributed by atoms with Gasteiger partial charge >= 0.3 is 0 Å². The number of amides is 1. The highest BCUT2D eigenvalue weighted by molar-refractivity contribution is 6.04. The Bertz CT molecular complexity index is 1200. The monoisotopic (exact) mass is 368 g/mol. The molecule has 4 aromatic rings. The molecule has 4 rings (SSSR count). The summed E-state index contributed by atoms with van der Waals surface area (Å²) in [4.78, 5) is 16.8. The molecule has 0 saturated heterocycles. The summed E-state index contributed by atoms with van der Waals surface area (Å²) in [5.41, 5.74) is 4.30. The van der Waals surface area contributed by atoms with Crippen LogP contribution in [-0.2, 0) is 0 Å². The topological polar surface area (TPSA) is 79.9 Å². The molecule has 3 aromatic carbocycles. The smallest absolute Gasteiger partial charge is 0.255 e. The van der Waals surface area contributed by atoms with Crippen molar-refractivity contribution in [2.75, 3.05) is 12.4 Å². The molecular weight excluding hydrogens is 352 g/mol. The van der Waals surface area contributed by atoms with Crippen LogP contribution < -0.4 is 10.1 Å². The summed E-state index contributed by atoms with van der Waals surface area (Å²) in [5.74, 6) is 0.501. The fourth-order valence-corrected chi connectivity index (χ4v) is 2.96. The first-order chi connectivity index (χ1) is 13.7. The van der Waals surface area contributed by atoms with Gasteiger partial charge in [0.15, 0.2) is 0 Å². The van der Waals surface area contributed by atoms with Crippen LogP contribution in [0.3, 0.4) is 0 Å². The van der Waals surface area contributed by atoms with E-state index in [0.717, 1.165) is 22.5 Å². The predicted octanol–water partition coefficient (Wildman–Crippen LogP) is 4.16. The van der Waals surface area contributed by atoms with Gasteiger partial charge in [-0.05, 0) is 54.6 Å². The van der Waals surface area contributed by atoms with Gasteiger partial charge in [-0.15, -0.1) is 0 Å². The zero-order valence-corrected chi connectivity index (χ0v) is 15.1. The van der Waals surface area contributed by atoms with Crippen molar-refractivity contribution in [2.24, 2.45) is 0 Å². The molecule has 28 heavy (non-hydrogen) atoms. The van der Waals surface area contributed by atoms with E-state index in [0.29, 0.717) is 16.8 Å². The molecule has 6 heteroatoms. The molecule has 6 nitrogen and oxygen atoms in total. The number of imidazole rings is 1. The van der Waals surface area contributed by atoms with Gasteiger partial charge in [-0.3, -0.25) is 9.36 Å². The van der Waals surface area contributed by atoms with E-state index in [2.05, 4.69) is 10.3 Å². The molecule has 136 valence electrons. The number of aromatic nitrogens is 2. The van der Waals surface area contributed by atoms with Crippen LogP contribution in [0.2, 0.25) is 0 Å². The first-order valence-electron chi connectivity index (χ1n) is 8.61. The molecule has 0 saturated carbocycles. The highest BCUT2D eigenvalue weighted by atomic mass is 16.5. The molecule has 0 fully saturated rings. The van der Waals surface area contributed by atoms with Gasteiger partial charge in [0.1, 0.15) is 12.1 Å². The summed E-state index contributed by atoms with van der Waals surface area (Å²) >= 11 is 0. The zero-order chi connectivity index (χ0) is 19.5. The minimum absolute atomic E-state index is 0.259.